The fourth-order valence-electron chi connectivity index (χ4n) is 5.60. The molecule has 0 aliphatic rings. The van der Waals surface area contributed by atoms with E-state index in [1.165, 1.54) is 43.4 Å². The Hall–Kier alpha value is -5.03. The summed E-state index contributed by atoms with van der Waals surface area (Å²) in [5.74, 6) is 0.620. The first-order valence-corrected chi connectivity index (χ1v) is 11.9. The van der Waals surface area contributed by atoms with E-state index in [0.29, 0.717) is 5.95 Å². The van der Waals surface area contributed by atoms with Crippen LogP contribution in [-0.4, -0.2) is 24.1 Å². The summed E-state index contributed by atoms with van der Waals surface area (Å²) in [5.41, 5.74) is 5.72. The summed E-state index contributed by atoms with van der Waals surface area (Å²) in [6.07, 6.45) is 3.09. The molecule has 0 atom stereocenters. The average molecular weight is 462 g/mol. The molecule has 0 amide bonds. The molecule has 0 unspecified atom stereocenters. The Labute approximate surface area is 205 Å². The van der Waals surface area contributed by atoms with Gasteiger partial charge in [-0.05, 0) is 59.3 Å². The molecule has 0 fully saturated rings. The number of fused-ring (bicyclic) bond motifs is 7. The second kappa shape index (κ2) is 7.23. The van der Waals surface area contributed by atoms with Crippen LogP contribution in [0.25, 0.3) is 66.0 Å². The van der Waals surface area contributed by atoms with Gasteiger partial charge in [0, 0.05) is 27.2 Å². The average Bonchev–Trinajstić information content (AvgIpc) is 3.43. The SMILES string of the molecule is c1ccc(-n2c3ccccc3c3cc4cc5c6ccccc6n(-c6ncncn6)c5cc4cc32)cc1. The van der Waals surface area contributed by atoms with E-state index in [2.05, 4.69) is 127 Å². The predicted molar refractivity (Wildman–Crippen MR) is 146 cm³/mol. The van der Waals surface area contributed by atoms with E-state index in [-0.39, 0.29) is 0 Å². The number of benzene rings is 5. The molecule has 8 aromatic rings. The Morgan fingerprint density at radius 2 is 0.972 bits per heavy atom. The van der Waals surface area contributed by atoms with Crippen LogP contribution >= 0.6 is 0 Å². The molecule has 0 bridgehead atoms. The van der Waals surface area contributed by atoms with Gasteiger partial charge in [-0.2, -0.15) is 0 Å². The van der Waals surface area contributed by atoms with Gasteiger partial charge in [0.25, 0.3) is 0 Å². The van der Waals surface area contributed by atoms with Crippen LogP contribution in [0.2, 0.25) is 0 Å². The van der Waals surface area contributed by atoms with Crippen LogP contribution in [0.4, 0.5) is 0 Å². The summed E-state index contributed by atoms with van der Waals surface area (Å²) in [4.78, 5) is 13.0. The fraction of sp³-hybridized carbons (Fsp3) is 0. The molecule has 3 heterocycles. The zero-order chi connectivity index (χ0) is 23.6. The third-order valence-corrected chi connectivity index (χ3v) is 7.12. The molecule has 5 nitrogen and oxygen atoms in total. The van der Waals surface area contributed by atoms with E-state index >= 15 is 0 Å². The third-order valence-electron chi connectivity index (χ3n) is 7.12. The van der Waals surface area contributed by atoms with Crippen molar-refractivity contribution in [2.24, 2.45) is 0 Å². The molecular weight excluding hydrogens is 442 g/mol. The Kier molecular flexibility index (Phi) is 3.88. The van der Waals surface area contributed by atoms with Crippen LogP contribution in [0.15, 0.2) is 116 Å². The summed E-state index contributed by atoms with van der Waals surface area (Å²) < 4.78 is 4.48. The van der Waals surface area contributed by atoms with Crippen LogP contribution < -0.4 is 0 Å². The molecule has 36 heavy (non-hydrogen) atoms. The minimum absolute atomic E-state index is 0.620. The second-order valence-corrected chi connectivity index (χ2v) is 9.06. The van der Waals surface area contributed by atoms with Gasteiger partial charge in [-0.15, -0.1) is 0 Å². The van der Waals surface area contributed by atoms with Crippen LogP contribution in [0.3, 0.4) is 0 Å². The van der Waals surface area contributed by atoms with Gasteiger partial charge in [-0.25, -0.2) is 15.0 Å². The van der Waals surface area contributed by atoms with Crippen LogP contribution in [-0.2, 0) is 0 Å². The summed E-state index contributed by atoms with van der Waals surface area (Å²) >= 11 is 0. The quantitative estimate of drug-likeness (QED) is 0.273. The number of rotatable bonds is 2. The van der Waals surface area contributed by atoms with Crippen molar-refractivity contribution in [1.29, 1.82) is 0 Å². The molecule has 0 aliphatic heterocycles. The summed E-state index contributed by atoms with van der Waals surface area (Å²) in [5, 5.41) is 7.26. The number of para-hydroxylation sites is 3. The standard InChI is InChI=1S/C31H19N5/c1-2-8-22(9-3-1)35-27-12-6-4-10-23(27)25-14-20-15-26-24-11-5-7-13-28(24)36(31-33-18-32-19-34-31)30(26)17-21(20)16-29(25)35/h1-19H. The molecule has 5 aromatic carbocycles. The molecular formula is C31H19N5. The zero-order valence-corrected chi connectivity index (χ0v) is 19.2. The van der Waals surface area contributed by atoms with Gasteiger partial charge in [0.05, 0.1) is 22.1 Å². The topological polar surface area (TPSA) is 48.5 Å². The molecule has 168 valence electrons. The van der Waals surface area contributed by atoms with Gasteiger partial charge < -0.3 is 4.57 Å². The highest BCUT2D eigenvalue weighted by Crippen LogP contribution is 2.38. The lowest BCUT2D eigenvalue weighted by Crippen LogP contribution is -2.00. The lowest BCUT2D eigenvalue weighted by Gasteiger charge is -2.09. The van der Waals surface area contributed by atoms with Gasteiger partial charge in [-0.1, -0.05) is 54.6 Å². The van der Waals surface area contributed by atoms with Gasteiger partial charge in [-0.3, -0.25) is 4.57 Å². The normalized spacial score (nSPS) is 11.9. The molecule has 0 N–H and O–H groups in total. The van der Waals surface area contributed by atoms with Gasteiger partial charge in [0.2, 0.25) is 5.95 Å². The molecule has 0 spiro atoms. The fourth-order valence-corrected chi connectivity index (χ4v) is 5.60. The molecule has 0 radical (unpaired) electrons. The minimum atomic E-state index is 0.620. The summed E-state index contributed by atoms with van der Waals surface area (Å²) in [7, 11) is 0. The van der Waals surface area contributed by atoms with E-state index in [1.807, 2.05) is 0 Å². The van der Waals surface area contributed by atoms with E-state index in [9.17, 15) is 0 Å². The smallest absolute Gasteiger partial charge is 0.237 e. The van der Waals surface area contributed by atoms with Crippen molar-refractivity contribution < 1.29 is 0 Å². The first-order valence-electron chi connectivity index (χ1n) is 11.9. The highest BCUT2D eigenvalue weighted by atomic mass is 15.2. The van der Waals surface area contributed by atoms with Gasteiger partial charge in [0.1, 0.15) is 12.7 Å². The van der Waals surface area contributed by atoms with Crippen LogP contribution in [0.1, 0.15) is 0 Å². The zero-order valence-electron chi connectivity index (χ0n) is 19.2. The lowest BCUT2D eigenvalue weighted by atomic mass is 10.0. The molecule has 0 saturated heterocycles. The molecule has 3 aromatic heterocycles. The lowest BCUT2D eigenvalue weighted by molar-refractivity contribution is 0.940. The van der Waals surface area contributed by atoms with Crippen LogP contribution in [0.5, 0.6) is 0 Å². The molecule has 0 aliphatic carbocycles. The van der Waals surface area contributed by atoms with E-state index in [1.54, 1.807) is 12.7 Å². The highest BCUT2D eigenvalue weighted by molar-refractivity contribution is 6.18. The summed E-state index contributed by atoms with van der Waals surface area (Å²) in [6.45, 7) is 0. The number of hydrogen-bond donors (Lipinski definition) is 0. The van der Waals surface area contributed by atoms with Crippen molar-refractivity contribution in [3.05, 3.63) is 116 Å². The number of aromatic nitrogens is 5. The second-order valence-electron chi connectivity index (χ2n) is 9.06. The van der Waals surface area contributed by atoms with E-state index in [0.717, 1.165) is 16.7 Å². The van der Waals surface area contributed by atoms with E-state index < -0.39 is 0 Å². The monoisotopic (exact) mass is 461 g/mol. The third kappa shape index (κ3) is 2.62. The summed E-state index contributed by atoms with van der Waals surface area (Å²) in [6, 6.07) is 36.9. The maximum atomic E-state index is 4.47. The largest absolute Gasteiger partial charge is 0.309 e. The van der Waals surface area contributed by atoms with Crippen molar-refractivity contribution in [1.82, 2.24) is 24.1 Å². The number of hydrogen-bond acceptors (Lipinski definition) is 3. The van der Waals surface area contributed by atoms with Crippen molar-refractivity contribution in [3.63, 3.8) is 0 Å². The first-order chi connectivity index (χ1) is 17.9. The molecule has 0 saturated carbocycles. The maximum Gasteiger partial charge on any atom is 0.237 e. The van der Waals surface area contributed by atoms with Crippen molar-refractivity contribution >= 4 is 54.4 Å². The maximum absolute atomic E-state index is 4.47. The predicted octanol–water partition coefficient (Wildman–Crippen LogP) is 7.22. The van der Waals surface area contributed by atoms with Gasteiger partial charge in [0.15, 0.2) is 0 Å². The van der Waals surface area contributed by atoms with Crippen molar-refractivity contribution in [2.45, 2.75) is 0 Å². The first kappa shape index (κ1) is 19.3. The van der Waals surface area contributed by atoms with E-state index in [4.69, 9.17) is 0 Å². The van der Waals surface area contributed by atoms with Gasteiger partial charge >= 0.3 is 0 Å². The Morgan fingerprint density at radius 1 is 0.444 bits per heavy atom. The Bertz CT molecular complexity index is 1940. The minimum Gasteiger partial charge on any atom is -0.309 e. The molecule has 8 rings (SSSR count). The Balaban J connectivity index is 1.53. The van der Waals surface area contributed by atoms with Crippen molar-refractivity contribution in [2.75, 3.05) is 0 Å². The van der Waals surface area contributed by atoms with Crippen LogP contribution in [0, 0.1) is 0 Å². The Morgan fingerprint density at radius 3 is 1.64 bits per heavy atom. The highest BCUT2D eigenvalue weighted by Gasteiger charge is 2.17. The molecule has 5 heteroatoms. The van der Waals surface area contributed by atoms with Crippen molar-refractivity contribution in [3.8, 4) is 11.6 Å². The number of nitrogens with zero attached hydrogens (tertiary/aromatic N) is 5.